The van der Waals surface area contributed by atoms with E-state index in [1.807, 2.05) is 0 Å². The fourth-order valence-electron chi connectivity index (χ4n) is 1.77. The van der Waals surface area contributed by atoms with Crippen LogP contribution in [-0.2, 0) is 9.57 Å². The van der Waals surface area contributed by atoms with Gasteiger partial charge in [0.1, 0.15) is 0 Å². The third-order valence-corrected chi connectivity index (χ3v) is 2.51. The van der Waals surface area contributed by atoms with E-state index < -0.39 is 0 Å². The van der Waals surface area contributed by atoms with Crippen molar-refractivity contribution in [3.8, 4) is 0 Å². The van der Waals surface area contributed by atoms with E-state index in [9.17, 15) is 0 Å². The Morgan fingerprint density at radius 2 is 2.13 bits per heavy atom. The van der Waals surface area contributed by atoms with Gasteiger partial charge in [-0.05, 0) is 40.0 Å². The van der Waals surface area contributed by atoms with Crippen LogP contribution in [0.1, 0.15) is 53.4 Å². The molecule has 1 rings (SSSR count). The maximum Gasteiger partial charge on any atom is 0.0813 e. The first kappa shape index (κ1) is 12.9. The topological polar surface area (TPSA) is 30.5 Å². The SMILES string of the molecule is CCCC1CC(NOC(C)(C)C)CCO1. The molecule has 0 saturated carbocycles. The van der Waals surface area contributed by atoms with Crippen LogP contribution < -0.4 is 5.48 Å². The molecule has 0 aliphatic carbocycles. The number of ether oxygens (including phenoxy) is 1. The summed E-state index contributed by atoms with van der Waals surface area (Å²) in [6.07, 6.45) is 4.90. The van der Waals surface area contributed by atoms with E-state index in [0.29, 0.717) is 12.1 Å². The van der Waals surface area contributed by atoms with Gasteiger partial charge in [0, 0.05) is 12.6 Å². The first-order valence-electron chi connectivity index (χ1n) is 6.06. The molecule has 2 atom stereocenters. The molecule has 2 unspecified atom stereocenters. The maximum absolute atomic E-state index is 5.68. The molecule has 1 aliphatic rings. The van der Waals surface area contributed by atoms with Gasteiger partial charge in [-0.3, -0.25) is 4.84 Å². The Morgan fingerprint density at radius 1 is 1.40 bits per heavy atom. The summed E-state index contributed by atoms with van der Waals surface area (Å²) in [4.78, 5) is 5.59. The molecule has 90 valence electrons. The lowest BCUT2D eigenvalue weighted by Gasteiger charge is -2.32. The van der Waals surface area contributed by atoms with E-state index in [1.165, 1.54) is 6.42 Å². The summed E-state index contributed by atoms with van der Waals surface area (Å²) in [6, 6.07) is 0.453. The third kappa shape index (κ3) is 5.50. The number of hydroxylamine groups is 1. The standard InChI is InChI=1S/C12H25NO2/c1-5-6-11-9-10(7-8-14-11)13-15-12(2,3)4/h10-11,13H,5-9H2,1-4H3. The molecule has 0 spiro atoms. The van der Waals surface area contributed by atoms with Crippen LogP contribution in [0.5, 0.6) is 0 Å². The normalized spacial score (nSPS) is 28.0. The lowest BCUT2D eigenvalue weighted by molar-refractivity contribution is -0.113. The molecule has 15 heavy (non-hydrogen) atoms. The van der Waals surface area contributed by atoms with E-state index >= 15 is 0 Å². The van der Waals surface area contributed by atoms with Gasteiger partial charge in [0.25, 0.3) is 0 Å². The minimum absolute atomic E-state index is 0.113. The van der Waals surface area contributed by atoms with E-state index in [2.05, 4.69) is 33.2 Å². The molecule has 3 heteroatoms. The Bertz CT molecular complexity index is 175. The largest absolute Gasteiger partial charge is 0.378 e. The highest BCUT2D eigenvalue weighted by Crippen LogP contribution is 2.18. The fourth-order valence-corrected chi connectivity index (χ4v) is 1.77. The van der Waals surface area contributed by atoms with Crippen molar-refractivity contribution >= 4 is 0 Å². The van der Waals surface area contributed by atoms with Gasteiger partial charge in [0.05, 0.1) is 11.7 Å². The summed E-state index contributed by atoms with van der Waals surface area (Å²) in [5.41, 5.74) is 3.06. The Balaban J connectivity index is 2.24. The zero-order chi connectivity index (χ0) is 11.3. The Labute approximate surface area is 93.5 Å². The fraction of sp³-hybridized carbons (Fsp3) is 1.00. The Morgan fingerprint density at radius 3 is 2.73 bits per heavy atom. The quantitative estimate of drug-likeness (QED) is 0.731. The van der Waals surface area contributed by atoms with Crippen molar-refractivity contribution in [3.05, 3.63) is 0 Å². The maximum atomic E-state index is 5.68. The van der Waals surface area contributed by atoms with Gasteiger partial charge in [-0.2, -0.15) is 5.48 Å². The second kappa shape index (κ2) is 5.83. The van der Waals surface area contributed by atoms with Crippen molar-refractivity contribution in [2.75, 3.05) is 6.61 Å². The molecule has 3 nitrogen and oxygen atoms in total. The zero-order valence-electron chi connectivity index (χ0n) is 10.5. The summed E-state index contributed by atoms with van der Waals surface area (Å²) in [5, 5.41) is 0. The van der Waals surface area contributed by atoms with Crippen LogP contribution in [0.25, 0.3) is 0 Å². The van der Waals surface area contributed by atoms with Crippen molar-refractivity contribution < 1.29 is 9.57 Å². The predicted molar refractivity (Wildman–Crippen MR) is 61.6 cm³/mol. The molecular formula is C12H25NO2. The number of hydrogen-bond acceptors (Lipinski definition) is 3. The summed E-state index contributed by atoms with van der Waals surface area (Å²) < 4.78 is 5.68. The minimum Gasteiger partial charge on any atom is -0.378 e. The predicted octanol–water partition coefficient (Wildman–Crippen LogP) is 2.65. The monoisotopic (exact) mass is 215 g/mol. The van der Waals surface area contributed by atoms with Crippen molar-refractivity contribution in [2.24, 2.45) is 0 Å². The van der Waals surface area contributed by atoms with Crippen LogP contribution in [0.15, 0.2) is 0 Å². The van der Waals surface area contributed by atoms with Crippen LogP contribution in [-0.4, -0.2) is 24.4 Å². The summed E-state index contributed by atoms with van der Waals surface area (Å²) in [7, 11) is 0. The van der Waals surface area contributed by atoms with Gasteiger partial charge in [0.15, 0.2) is 0 Å². The number of rotatable bonds is 4. The van der Waals surface area contributed by atoms with Gasteiger partial charge < -0.3 is 4.74 Å². The highest BCUT2D eigenvalue weighted by atomic mass is 16.7. The average Bonchev–Trinajstić information content (AvgIpc) is 2.15. The molecular weight excluding hydrogens is 190 g/mol. The molecule has 1 heterocycles. The Hall–Kier alpha value is -0.120. The first-order valence-corrected chi connectivity index (χ1v) is 6.06. The van der Waals surface area contributed by atoms with Crippen molar-refractivity contribution in [1.29, 1.82) is 0 Å². The molecule has 0 aromatic carbocycles. The highest BCUT2D eigenvalue weighted by Gasteiger charge is 2.23. The van der Waals surface area contributed by atoms with Crippen molar-refractivity contribution in [1.82, 2.24) is 5.48 Å². The van der Waals surface area contributed by atoms with Crippen LogP contribution >= 0.6 is 0 Å². The van der Waals surface area contributed by atoms with Gasteiger partial charge in [-0.25, -0.2) is 0 Å². The van der Waals surface area contributed by atoms with E-state index in [4.69, 9.17) is 9.57 Å². The van der Waals surface area contributed by atoms with Crippen LogP contribution in [0, 0.1) is 0 Å². The molecule has 1 N–H and O–H groups in total. The first-order chi connectivity index (χ1) is 7.01. The van der Waals surface area contributed by atoms with Gasteiger partial charge in [-0.1, -0.05) is 13.3 Å². The molecule has 0 radical (unpaired) electrons. The van der Waals surface area contributed by atoms with E-state index in [-0.39, 0.29) is 5.60 Å². The highest BCUT2D eigenvalue weighted by molar-refractivity contribution is 4.74. The molecule has 1 fully saturated rings. The second-order valence-electron chi connectivity index (χ2n) is 5.34. The van der Waals surface area contributed by atoms with Gasteiger partial charge in [-0.15, -0.1) is 0 Å². The third-order valence-electron chi connectivity index (χ3n) is 2.51. The van der Waals surface area contributed by atoms with Crippen molar-refractivity contribution in [3.63, 3.8) is 0 Å². The smallest absolute Gasteiger partial charge is 0.0813 e. The lowest BCUT2D eigenvalue weighted by atomic mass is 10.0. The number of hydrogen-bond donors (Lipinski definition) is 1. The molecule has 0 amide bonds. The van der Waals surface area contributed by atoms with E-state index in [0.717, 1.165) is 25.9 Å². The van der Waals surface area contributed by atoms with Crippen LogP contribution in [0.4, 0.5) is 0 Å². The summed E-state index contributed by atoms with van der Waals surface area (Å²) >= 11 is 0. The molecule has 1 saturated heterocycles. The lowest BCUT2D eigenvalue weighted by Crippen LogP contribution is -2.42. The zero-order valence-corrected chi connectivity index (χ0v) is 10.5. The van der Waals surface area contributed by atoms with Gasteiger partial charge in [0.2, 0.25) is 0 Å². The Kier molecular flexibility index (Phi) is 5.03. The summed E-state index contributed by atoms with van der Waals surface area (Å²) in [6.45, 7) is 9.23. The molecule has 0 bridgehead atoms. The second-order valence-corrected chi connectivity index (χ2v) is 5.34. The van der Waals surface area contributed by atoms with Crippen LogP contribution in [0.2, 0.25) is 0 Å². The van der Waals surface area contributed by atoms with Crippen molar-refractivity contribution in [2.45, 2.75) is 71.1 Å². The van der Waals surface area contributed by atoms with E-state index in [1.54, 1.807) is 0 Å². The summed E-state index contributed by atoms with van der Waals surface area (Å²) in [5.74, 6) is 0. The number of nitrogens with one attached hydrogen (secondary N) is 1. The molecule has 0 aromatic heterocycles. The molecule has 0 aromatic rings. The molecule has 1 aliphatic heterocycles. The minimum atomic E-state index is -0.113. The van der Waals surface area contributed by atoms with Gasteiger partial charge >= 0.3 is 0 Å². The average molecular weight is 215 g/mol. The van der Waals surface area contributed by atoms with Crippen LogP contribution in [0.3, 0.4) is 0 Å².